The molecule has 0 aromatic heterocycles. The molecule has 0 heterocycles. The molecule has 7 heteroatoms. The van der Waals surface area contributed by atoms with E-state index in [1.54, 1.807) is 31.4 Å². The van der Waals surface area contributed by atoms with Crippen LogP contribution in [0.4, 0.5) is 0 Å². The molecule has 0 aliphatic heterocycles. The Hall–Kier alpha value is -1.00. The van der Waals surface area contributed by atoms with Gasteiger partial charge in [0.1, 0.15) is 5.75 Å². The highest BCUT2D eigenvalue weighted by atomic mass is 35.6. The maximum absolute atomic E-state index is 6.50. The first-order valence-electron chi connectivity index (χ1n) is 6.94. The minimum absolute atomic E-state index is 0.337. The molecule has 3 nitrogen and oxygen atoms in total. The molecule has 1 atom stereocenters. The van der Waals surface area contributed by atoms with Crippen LogP contribution in [0.1, 0.15) is 17.0 Å². The molecule has 0 spiro atoms. The number of methoxy groups -OCH3 is 3. The highest BCUT2D eigenvalue weighted by Gasteiger charge is 2.37. The highest BCUT2D eigenvalue weighted by molar-refractivity contribution is 6.68. The lowest BCUT2D eigenvalue weighted by Crippen LogP contribution is -2.19. The van der Waals surface area contributed by atoms with Crippen LogP contribution in [0.5, 0.6) is 17.2 Å². The van der Waals surface area contributed by atoms with Gasteiger partial charge in [-0.1, -0.05) is 64.6 Å². The van der Waals surface area contributed by atoms with E-state index in [0.29, 0.717) is 27.8 Å². The fourth-order valence-electron chi connectivity index (χ4n) is 2.47. The summed E-state index contributed by atoms with van der Waals surface area (Å²) in [4.78, 5) is 0. The summed E-state index contributed by atoms with van der Waals surface area (Å²) in [6.07, 6.45) is 0. The Morgan fingerprint density at radius 1 is 0.833 bits per heavy atom. The molecule has 0 aliphatic rings. The zero-order valence-electron chi connectivity index (χ0n) is 13.3. The summed E-state index contributed by atoms with van der Waals surface area (Å²) < 4.78 is 14.1. The molecule has 1 unspecified atom stereocenters. The standard InChI is InChI=1S/C17H16Cl4O3/c1-22-11-6-4-10(5-7-11)14(17(19,20)21)12-8-9-13(23-2)16(24-3)15(12)18/h4-9,14H,1-3H3. The van der Waals surface area contributed by atoms with Gasteiger partial charge in [-0.05, 0) is 29.3 Å². The van der Waals surface area contributed by atoms with Crippen molar-refractivity contribution in [2.24, 2.45) is 0 Å². The molecule has 0 saturated heterocycles. The number of hydrogen-bond donors (Lipinski definition) is 0. The van der Waals surface area contributed by atoms with Crippen LogP contribution in [-0.4, -0.2) is 25.1 Å². The summed E-state index contributed by atoms with van der Waals surface area (Å²) in [6, 6.07) is 10.8. The van der Waals surface area contributed by atoms with Gasteiger partial charge >= 0.3 is 0 Å². The van der Waals surface area contributed by atoms with Crippen LogP contribution < -0.4 is 14.2 Å². The van der Waals surface area contributed by atoms with Crippen molar-refractivity contribution < 1.29 is 14.2 Å². The Morgan fingerprint density at radius 2 is 1.46 bits per heavy atom. The SMILES string of the molecule is COc1ccc(C(c2ccc(OC)c(OC)c2Cl)C(Cl)(Cl)Cl)cc1. The minimum atomic E-state index is -1.61. The molecule has 0 radical (unpaired) electrons. The van der Waals surface area contributed by atoms with E-state index in [1.807, 2.05) is 12.1 Å². The molecule has 0 saturated carbocycles. The van der Waals surface area contributed by atoms with E-state index in [0.717, 1.165) is 5.56 Å². The zero-order valence-corrected chi connectivity index (χ0v) is 16.3. The van der Waals surface area contributed by atoms with Crippen LogP contribution in [0.2, 0.25) is 5.02 Å². The lowest BCUT2D eigenvalue weighted by Gasteiger charge is -2.27. The van der Waals surface area contributed by atoms with Crippen LogP contribution >= 0.6 is 46.4 Å². The molecule has 0 fully saturated rings. The van der Waals surface area contributed by atoms with Gasteiger partial charge in [-0.25, -0.2) is 0 Å². The highest BCUT2D eigenvalue weighted by Crippen LogP contribution is 2.50. The second kappa shape index (κ2) is 7.92. The average Bonchev–Trinajstić information content (AvgIpc) is 2.55. The first-order chi connectivity index (χ1) is 11.3. The Bertz CT molecular complexity index is 696. The van der Waals surface area contributed by atoms with Gasteiger partial charge in [-0.3, -0.25) is 0 Å². The van der Waals surface area contributed by atoms with E-state index < -0.39 is 9.71 Å². The van der Waals surface area contributed by atoms with Gasteiger partial charge in [0.25, 0.3) is 0 Å². The van der Waals surface area contributed by atoms with Gasteiger partial charge in [0.15, 0.2) is 11.5 Å². The van der Waals surface area contributed by atoms with Crippen molar-refractivity contribution >= 4 is 46.4 Å². The molecule has 0 N–H and O–H groups in total. The second-order valence-electron chi connectivity index (χ2n) is 4.95. The summed E-state index contributed by atoms with van der Waals surface area (Å²) >= 11 is 25.3. The molecular weight excluding hydrogens is 394 g/mol. The zero-order chi connectivity index (χ0) is 17.9. The third-order valence-corrected chi connectivity index (χ3v) is 4.65. The maximum Gasteiger partial charge on any atom is 0.201 e. The van der Waals surface area contributed by atoms with E-state index in [-0.39, 0.29) is 0 Å². The van der Waals surface area contributed by atoms with Crippen molar-refractivity contribution in [1.29, 1.82) is 0 Å². The van der Waals surface area contributed by atoms with Crippen LogP contribution in [0, 0.1) is 0 Å². The Labute approximate surface area is 161 Å². The topological polar surface area (TPSA) is 27.7 Å². The Balaban J connectivity index is 2.61. The van der Waals surface area contributed by atoms with Crippen molar-refractivity contribution in [3.8, 4) is 17.2 Å². The van der Waals surface area contributed by atoms with Gasteiger partial charge in [0, 0.05) is 0 Å². The van der Waals surface area contributed by atoms with Gasteiger partial charge in [0.2, 0.25) is 3.79 Å². The first kappa shape index (κ1) is 19.3. The predicted octanol–water partition coefficient (Wildman–Crippen LogP) is 5.87. The maximum atomic E-state index is 6.50. The molecule has 2 aromatic carbocycles. The largest absolute Gasteiger partial charge is 0.497 e. The molecule has 0 amide bonds. The van der Waals surface area contributed by atoms with Gasteiger partial charge < -0.3 is 14.2 Å². The number of ether oxygens (including phenoxy) is 3. The lowest BCUT2D eigenvalue weighted by atomic mass is 9.92. The molecule has 0 aliphatic carbocycles. The number of hydrogen-bond acceptors (Lipinski definition) is 3. The van der Waals surface area contributed by atoms with Crippen molar-refractivity contribution in [3.05, 3.63) is 52.5 Å². The van der Waals surface area contributed by atoms with E-state index in [4.69, 9.17) is 60.6 Å². The number of rotatable bonds is 5. The van der Waals surface area contributed by atoms with Gasteiger partial charge in [0.05, 0.1) is 32.3 Å². The molecule has 130 valence electrons. The van der Waals surface area contributed by atoms with Crippen LogP contribution in [0.15, 0.2) is 36.4 Å². The molecule has 0 bridgehead atoms. The fourth-order valence-corrected chi connectivity index (χ4v) is 3.54. The van der Waals surface area contributed by atoms with Crippen LogP contribution in [0.3, 0.4) is 0 Å². The molecule has 2 aromatic rings. The Morgan fingerprint density at radius 3 is 1.92 bits per heavy atom. The van der Waals surface area contributed by atoms with Crippen LogP contribution in [-0.2, 0) is 0 Å². The summed E-state index contributed by atoms with van der Waals surface area (Å²) in [7, 11) is 4.63. The normalized spacial score (nSPS) is 12.6. The second-order valence-corrected chi connectivity index (χ2v) is 7.70. The summed E-state index contributed by atoms with van der Waals surface area (Å²) in [5.41, 5.74) is 1.41. The van der Waals surface area contributed by atoms with Gasteiger partial charge in [-0.2, -0.15) is 0 Å². The van der Waals surface area contributed by atoms with Gasteiger partial charge in [-0.15, -0.1) is 0 Å². The Kier molecular flexibility index (Phi) is 6.38. The average molecular weight is 410 g/mol. The summed E-state index contributed by atoms with van der Waals surface area (Å²) in [5, 5.41) is 0.337. The van der Waals surface area contributed by atoms with Crippen molar-refractivity contribution in [1.82, 2.24) is 0 Å². The predicted molar refractivity (Wildman–Crippen MR) is 99.7 cm³/mol. The fraction of sp³-hybridized carbons (Fsp3) is 0.294. The van der Waals surface area contributed by atoms with E-state index in [1.165, 1.54) is 14.2 Å². The van der Waals surface area contributed by atoms with E-state index in [2.05, 4.69) is 0 Å². The first-order valence-corrected chi connectivity index (χ1v) is 8.45. The molecular formula is C17H16Cl4O3. The van der Waals surface area contributed by atoms with Crippen molar-refractivity contribution in [2.45, 2.75) is 9.71 Å². The third-order valence-electron chi connectivity index (χ3n) is 3.60. The van der Waals surface area contributed by atoms with E-state index in [9.17, 15) is 0 Å². The van der Waals surface area contributed by atoms with Crippen LogP contribution in [0.25, 0.3) is 0 Å². The molecule has 24 heavy (non-hydrogen) atoms. The number of benzene rings is 2. The third kappa shape index (κ3) is 3.97. The molecule has 2 rings (SSSR count). The lowest BCUT2D eigenvalue weighted by molar-refractivity contribution is 0.354. The quantitative estimate of drug-likeness (QED) is 0.578. The smallest absolute Gasteiger partial charge is 0.201 e. The van der Waals surface area contributed by atoms with Crippen molar-refractivity contribution in [2.75, 3.05) is 21.3 Å². The number of alkyl halides is 3. The minimum Gasteiger partial charge on any atom is -0.497 e. The number of halogens is 4. The summed E-state index contributed by atoms with van der Waals surface area (Å²) in [6.45, 7) is 0. The van der Waals surface area contributed by atoms with Crippen molar-refractivity contribution in [3.63, 3.8) is 0 Å². The summed E-state index contributed by atoms with van der Waals surface area (Å²) in [5.74, 6) is 1.01. The monoisotopic (exact) mass is 408 g/mol. The van der Waals surface area contributed by atoms with E-state index >= 15 is 0 Å².